The van der Waals surface area contributed by atoms with Gasteiger partial charge in [-0.05, 0) is 29.0 Å². The summed E-state index contributed by atoms with van der Waals surface area (Å²) in [6, 6.07) is 8.89. The van der Waals surface area contributed by atoms with E-state index in [2.05, 4.69) is 56.1 Å². The fraction of sp³-hybridized carbons (Fsp3) is 0.357. The Morgan fingerprint density at radius 3 is 2.80 bits per heavy atom. The lowest BCUT2D eigenvalue weighted by Gasteiger charge is -2.15. The SMILES string of the molecule is CC(C)c1cccc(C2=CCN[CH]C2)c1. The van der Waals surface area contributed by atoms with Crippen molar-refractivity contribution < 1.29 is 0 Å². The van der Waals surface area contributed by atoms with E-state index in [4.69, 9.17) is 0 Å². The smallest absolute Gasteiger partial charge is 0.0267 e. The van der Waals surface area contributed by atoms with Gasteiger partial charge in [0.05, 0.1) is 0 Å². The van der Waals surface area contributed by atoms with Crippen LogP contribution in [0.5, 0.6) is 0 Å². The molecule has 1 heterocycles. The van der Waals surface area contributed by atoms with Crippen molar-refractivity contribution in [1.29, 1.82) is 0 Å². The number of hydrogen-bond donors (Lipinski definition) is 1. The number of nitrogens with one attached hydrogen (secondary N) is 1. The van der Waals surface area contributed by atoms with Crippen LogP contribution in [0.2, 0.25) is 0 Å². The second-order valence-electron chi connectivity index (χ2n) is 4.33. The molecule has 0 amide bonds. The molecule has 0 aromatic heterocycles. The highest BCUT2D eigenvalue weighted by Crippen LogP contribution is 2.24. The summed E-state index contributed by atoms with van der Waals surface area (Å²) >= 11 is 0. The molecule has 1 nitrogen and oxygen atoms in total. The predicted octanol–water partition coefficient (Wildman–Crippen LogP) is 3.35. The topological polar surface area (TPSA) is 12.0 Å². The lowest BCUT2D eigenvalue weighted by molar-refractivity contribution is 0.837. The Hall–Kier alpha value is -1.08. The van der Waals surface area contributed by atoms with Gasteiger partial charge in [-0.3, -0.25) is 0 Å². The summed E-state index contributed by atoms with van der Waals surface area (Å²) in [5.41, 5.74) is 4.24. The van der Waals surface area contributed by atoms with Gasteiger partial charge in [-0.15, -0.1) is 0 Å². The van der Waals surface area contributed by atoms with Crippen molar-refractivity contribution in [3.05, 3.63) is 48.0 Å². The molecule has 0 spiro atoms. The zero-order chi connectivity index (χ0) is 10.7. The summed E-state index contributed by atoms with van der Waals surface area (Å²) in [5.74, 6) is 0.608. The van der Waals surface area contributed by atoms with Crippen molar-refractivity contribution in [2.75, 3.05) is 6.54 Å². The van der Waals surface area contributed by atoms with Crippen LogP contribution in [0.15, 0.2) is 30.3 Å². The van der Waals surface area contributed by atoms with E-state index in [9.17, 15) is 0 Å². The van der Waals surface area contributed by atoms with Crippen LogP contribution in [0.3, 0.4) is 0 Å². The highest BCUT2D eigenvalue weighted by atomic mass is 14.8. The standard InChI is InChI=1S/C14H18N/c1-11(2)13-4-3-5-14(10-13)12-6-8-15-9-7-12/h3-6,9-11,15H,7-8H2,1-2H3. The molecule has 0 saturated carbocycles. The minimum absolute atomic E-state index is 0.608. The molecule has 1 radical (unpaired) electrons. The molecule has 79 valence electrons. The molecule has 0 unspecified atom stereocenters. The number of hydrogen-bond acceptors (Lipinski definition) is 1. The molecular formula is C14H18N. The third-order valence-electron chi connectivity index (χ3n) is 2.86. The lowest BCUT2D eigenvalue weighted by Crippen LogP contribution is -2.14. The van der Waals surface area contributed by atoms with Gasteiger partial charge in [0.1, 0.15) is 0 Å². The normalized spacial score (nSPS) is 16.6. The first kappa shape index (κ1) is 10.4. The summed E-state index contributed by atoms with van der Waals surface area (Å²) in [6.45, 7) is 7.57. The average Bonchev–Trinajstić information content (AvgIpc) is 2.30. The van der Waals surface area contributed by atoms with Crippen LogP contribution in [0.1, 0.15) is 37.3 Å². The van der Waals surface area contributed by atoms with Gasteiger partial charge in [0.2, 0.25) is 0 Å². The highest BCUT2D eigenvalue weighted by molar-refractivity contribution is 5.67. The lowest BCUT2D eigenvalue weighted by atomic mass is 9.95. The molecule has 1 aromatic carbocycles. The third-order valence-corrected chi connectivity index (χ3v) is 2.86. The van der Waals surface area contributed by atoms with E-state index in [1.807, 2.05) is 0 Å². The fourth-order valence-corrected chi connectivity index (χ4v) is 1.86. The van der Waals surface area contributed by atoms with Crippen molar-refractivity contribution in [2.24, 2.45) is 0 Å². The van der Waals surface area contributed by atoms with E-state index in [1.165, 1.54) is 16.7 Å². The Labute approximate surface area is 92.2 Å². The van der Waals surface area contributed by atoms with Crippen LogP contribution in [0, 0.1) is 6.54 Å². The van der Waals surface area contributed by atoms with E-state index >= 15 is 0 Å². The van der Waals surface area contributed by atoms with Crippen LogP contribution >= 0.6 is 0 Å². The molecule has 1 heteroatoms. The first-order valence-corrected chi connectivity index (χ1v) is 5.62. The van der Waals surface area contributed by atoms with Gasteiger partial charge >= 0.3 is 0 Å². The first-order chi connectivity index (χ1) is 7.27. The molecule has 1 aliphatic rings. The maximum absolute atomic E-state index is 3.22. The minimum Gasteiger partial charge on any atom is -0.309 e. The summed E-state index contributed by atoms with van der Waals surface area (Å²) in [4.78, 5) is 0. The van der Waals surface area contributed by atoms with Crippen LogP contribution in [0.25, 0.3) is 5.57 Å². The molecule has 1 aromatic rings. The van der Waals surface area contributed by atoms with Gasteiger partial charge in [-0.25, -0.2) is 0 Å². The van der Waals surface area contributed by atoms with Crippen LogP contribution in [-0.2, 0) is 0 Å². The summed E-state index contributed by atoms with van der Waals surface area (Å²) in [7, 11) is 0. The fourth-order valence-electron chi connectivity index (χ4n) is 1.86. The van der Waals surface area contributed by atoms with Crippen molar-refractivity contribution in [1.82, 2.24) is 5.32 Å². The van der Waals surface area contributed by atoms with Crippen molar-refractivity contribution in [2.45, 2.75) is 26.2 Å². The molecule has 2 rings (SSSR count). The summed E-state index contributed by atoms with van der Waals surface area (Å²) in [6.07, 6.45) is 3.31. The van der Waals surface area contributed by atoms with E-state index < -0.39 is 0 Å². The largest absolute Gasteiger partial charge is 0.309 e. The van der Waals surface area contributed by atoms with Crippen molar-refractivity contribution in [3.8, 4) is 0 Å². The Morgan fingerprint density at radius 2 is 2.13 bits per heavy atom. The Balaban J connectivity index is 2.27. The number of benzene rings is 1. The maximum atomic E-state index is 3.22. The van der Waals surface area contributed by atoms with E-state index in [1.54, 1.807) is 0 Å². The van der Waals surface area contributed by atoms with Gasteiger partial charge in [0, 0.05) is 13.1 Å². The van der Waals surface area contributed by atoms with Crippen molar-refractivity contribution in [3.63, 3.8) is 0 Å². The minimum atomic E-state index is 0.608. The average molecular weight is 200 g/mol. The van der Waals surface area contributed by atoms with E-state index in [0.717, 1.165) is 13.0 Å². The van der Waals surface area contributed by atoms with E-state index in [0.29, 0.717) is 5.92 Å². The monoisotopic (exact) mass is 200 g/mol. The Morgan fingerprint density at radius 1 is 1.27 bits per heavy atom. The highest BCUT2D eigenvalue weighted by Gasteiger charge is 2.07. The molecule has 0 fully saturated rings. The van der Waals surface area contributed by atoms with Gasteiger partial charge < -0.3 is 5.32 Å². The quantitative estimate of drug-likeness (QED) is 0.772. The Bertz CT molecular complexity index is 363. The Kier molecular flexibility index (Phi) is 3.22. The second kappa shape index (κ2) is 4.63. The van der Waals surface area contributed by atoms with E-state index in [-0.39, 0.29) is 0 Å². The molecule has 0 atom stereocenters. The zero-order valence-corrected chi connectivity index (χ0v) is 9.46. The summed E-state index contributed by atoms with van der Waals surface area (Å²) < 4.78 is 0. The van der Waals surface area contributed by atoms with Gasteiger partial charge in [0.15, 0.2) is 0 Å². The first-order valence-electron chi connectivity index (χ1n) is 5.62. The van der Waals surface area contributed by atoms with Crippen LogP contribution in [-0.4, -0.2) is 6.54 Å². The van der Waals surface area contributed by atoms with Crippen molar-refractivity contribution >= 4 is 5.57 Å². The number of rotatable bonds is 2. The maximum Gasteiger partial charge on any atom is 0.0267 e. The van der Waals surface area contributed by atoms with Gasteiger partial charge in [-0.1, -0.05) is 44.2 Å². The van der Waals surface area contributed by atoms with Gasteiger partial charge in [-0.2, -0.15) is 0 Å². The second-order valence-corrected chi connectivity index (χ2v) is 4.33. The molecule has 0 aliphatic carbocycles. The summed E-state index contributed by atoms with van der Waals surface area (Å²) in [5, 5.41) is 3.22. The van der Waals surface area contributed by atoms with Gasteiger partial charge in [0.25, 0.3) is 0 Å². The molecule has 0 saturated heterocycles. The molecule has 1 aliphatic heterocycles. The molecule has 0 bridgehead atoms. The predicted molar refractivity (Wildman–Crippen MR) is 65.4 cm³/mol. The van der Waals surface area contributed by atoms with Crippen LogP contribution in [0.4, 0.5) is 0 Å². The molecular weight excluding hydrogens is 182 g/mol. The molecule has 15 heavy (non-hydrogen) atoms. The third kappa shape index (κ3) is 2.48. The molecule has 1 N–H and O–H groups in total. The van der Waals surface area contributed by atoms with Crippen LogP contribution < -0.4 is 5.32 Å². The zero-order valence-electron chi connectivity index (χ0n) is 9.46.